The normalized spacial score (nSPS) is 25.6. The number of anilines is 1. The van der Waals surface area contributed by atoms with E-state index in [0.717, 1.165) is 55.1 Å². The Hall–Kier alpha value is -1.96. The van der Waals surface area contributed by atoms with E-state index < -0.39 is 24.5 Å². The van der Waals surface area contributed by atoms with Crippen LogP contribution in [0.2, 0.25) is 5.02 Å². The number of ether oxygens (including phenoxy) is 2. The van der Waals surface area contributed by atoms with Gasteiger partial charge in [-0.25, -0.2) is 4.79 Å². The molecular formula is C25H31ClF6N4O3. The van der Waals surface area contributed by atoms with Gasteiger partial charge in [-0.15, -0.1) is 0 Å². The first-order valence-electron chi connectivity index (χ1n) is 13.1. The first kappa shape index (κ1) is 28.6. The van der Waals surface area contributed by atoms with E-state index >= 15 is 0 Å². The van der Waals surface area contributed by atoms with Gasteiger partial charge in [0.25, 0.3) is 6.10 Å². The third-order valence-electron chi connectivity index (χ3n) is 8.09. The standard InChI is InChI=1S/C25H31ClF6N4O3/c26-17-2-1-16(20(13-17)34-7-5-18(6-8-34)36-19-3-4-21(36)38-15-19)14-33-9-11-35(12-10-33)23(37)39-22(24(27,28)29)25(30,31)32/h1-2,13,18-19,21-22H,3-12,14-15H2. The average Bonchev–Trinajstić information content (AvgIpc) is 3.48. The van der Waals surface area contributed by atoms with Crippen LogP contribution in [0.1, 0.15) is 31.2 Å². The summed E-state index contributed by atoms with van der Waals surface area (Å²) in [5, 5.41) is 0.610. The number of carbonyl (C=O) groups is 1. The first-order chi connectivity index (χ1) is 18.4. The highest BCUT2D eigenvalue weighted by Crippen LogP contribution is 2.38. The van der Waals surface area contributed by atoms with Gasteiger partial charge < -0.3 is 19.3 Å². The third kappa shape index (κ3) is 6.36. The number of hydrogen-bond donors (Lipinski definition) is 0. The Morgan fingerprint density at radius 1 is 0.949 bits per heavy atom. The minimum absolute atomic E-state index is 0.0458. The molecule has 39 heavy (non-hydrogen) atoms. The molecule has 0 aliphatic carbocycles. The van der Waals surface area contributed by atoms with Crippen molar-refractivity contribution in [2.45, 2.75) is 69.0 Å². The van der Waals surface area contributed by atoms with Crippen molar-refractivity contribution in [2.24, 2.45) is 0 Å². The van der Waals surface area contributed by atoms with E-state index in [4.69, 9.17) is 16.3 Å². The Morgan fingerprint density at radius 3 is 2.15 bits per heavy atom. The van der Waals surface area contributed by atoms with E-state index in [2.05, 4.69) is 14.5 Å². The lowest BCUT2D eigenvalue weighted by Gasteiger charge is -2.40. The SMILES string of the molecule is O=C(OC(C(F)(F)F)C(F)(F)F)N1CCN(Cc2ccc(Cl)cc2N2CCC(N3C4CCC3OC4)CC2)CC1. The Bertz CT molecular complexity index is 994. The summed E-state index contributed by atoms with van der Waals surface area (Å²) in [6, 6.07) is 6.69. The van der Waals surface area contributed by atoms with Crippen LogP contribution >= 0.6 is 11.6 Å². The van der Waals surface area contributed by atoms with E-state index in [1.54, 1.807) is 6.07 Å². The second-order valence-electron chi connectivity index (χ2n) is 10.6. The molecule has 0 aromatic heterocycles. The van der Waals surface area contributed by atoms with Gasteiger partial charge in [0, 0.05) is 68.6 Å². The Morgan fingerprint density at radius 2 is 1.62 bits per heavy atom. The summed E-state index contributed by atoms with van der Waals surface area (Å²) in [4.78, 5) is 19.8. The molecular weight excluding hydrogens is 554 g/mol. The van der Waals surface area contributed by atoms with E-state index in [0.29, 0.717) is 23.7 Å². The molecule has 1 aromatic carbocycles. The van der Waals surface area contributed by atoms with Gasteiger partial charge in [0.15, 0.2) is 0 Å². The zero-order chi connectivity index (χ0) is 27.9. The molecule has 0 saturated carbocycles. The number of alkyl halides is 6. The smallest absolute Gasteiger partial charge is 0.426 e. The zero-order valence-corrected chi connectivity index (χ0v) is 21.9. The molecule has 0 spiro atoms. The summed E-state index contributed by atoms with van der Waals surface area (Å²) < 4.78 is 86.3. The van der Waals surface area contributed by atoms with Crippen molar-refractivity contribution in [3.8, 4) is 0 Å². The third-order valence-corrected chi connectivity index (χ3v) is 8.33. The van der Waals surface area contributed by atoms with Crippen LogP contribution in [0.3, 0.4) is 0 Å². The van der Waals surface area contributed by atoms with Gasteiger partial charge in [-0.1, -0.05) is 17.7 Å². The van der Waals surface area contributed by atoms with Crippen LogP contribution in [0.15, 0.2) is 18.2 Å². The van der Waals surface area contributed by atoms with Gasteiger partial charge in [0.1, 0.15) is 6.23 Å². The highest BCUT2D eigenvalue weighted by Gasteiger charge is 2.60. The van der Waals surface area contributed by atoms with Crippen molar-refractivity contribution in [3.05, 3.63) is 28.8 Å². The molecule has 5 rings (SSSR count). The monoisotopic (exact) mass is 584 g/mol. The van der Waals surface area contributed by atoms with Gasteiger partial charge in [0.2, 0.25) is 0 Å². The minimum atomic E-state index is -5.74. The van der Waals surface area contributed by atoms with E-state index in [1.807, 2.05) is 17.0 Å². The van der Waals surface area contributed by atoms with E-state index in [9.17, 15) is 31.1 Å². The maximum atomic E-state index is 12.8. The van der Waals surface area contributed by atoms with E-state index in [1.165, 1.54) is 6.42 Å². The fourth-order valence-corrected chi connectivity index (χ4v) is 6.32. The molecule has 4 saturated heterocycles. The number of rotatable bonds is 5. The lowest BCUT2D eigenvalue weighted by Crippen LogP contribution is -2.52. The van der Waals surface area contributed by atoms with Crippen molar-refractivity contribution in [1.29, 1.82) is 0 Å². The fourth-order valence-electron chi connectivity index (χ4n) is 6.16. The van der Waals surface area contributed by atoms with Gasteiger partial charge >= 0.3 is 18.4 Å². The molecule has 2 unspecified atom stereocenters. The van der Waals surface area contributed by atoms with Crippen LogP contribution in [0, 0.1) is 0 Å². The van der Waals surface area contributed by atoms with Gasteiger partial charge in [-0.05, 0) is 43.4 Å². The highest BCUT2D eigenvalue weighted by molar-refractivity contribution is 6.30. The average molecular weight is 585 g/mol. The molecule has 1 amide bonds. The lowest BCUT2D eigenvalue weighted by molar-refractivity contribution is -0.308. The second kappa shape index (κ2) is 11.1. The second-order valence-corrected chi connectivity index (χ2v) is 11.0. The molecule has 4 fully saturated rings. The van der Waals surface area contributed by atoms with Crippen LogP contribution in [-0.4, -0.2) is 103 Å². The number of fused-ring (bicyclic) bond motifs is 2. The van der Waals surface area contributed by atoms with Gasteiger partial charge in [-0.2, -0.15) is 26.3 Å². The predicted octanol–water partition coefficient (Wildman–Crippen LogP) is 4.88. The van der Waals surface area contributed by atoms with Crippen LogP contribution in [0.4, 0.5) is 36.8 Å². The van der Waals surface area contributed by atoms with Crippen molar-refractivity contribution in [2.75, 3.05) is 50.8 Å². The molecule has 14 heteroatoms. The summed E-state index contributed by atoms with van der Waals surface area (Å²) in [5.74, 6) is 0. The molecule has 4 aliphatic heterocycles. The van der Waals surface area contributed by atoms with Gasteiger partial charge in [-0.3, -0.25) is 9.80 Å². The molecule has 2 atom stereocenters. The molecule has 1 aromatic rings. The largest absolute Gasteiger partial charge is 0.434 e. The Kier molecular flexibility index (Phi) is 8.16. The highest BCUT2D eigenvalue weighted by atomic mass is 35.5. The molecule has 218 valence electrons. The van der Waals surface area contributed by atoms with Crippen LogP contribution in [0.5, 0.6) is 0 Å². The van der Waals surface area contributed by atoms with Crippen LogP contribution in [0.25, 0.3) is 0 Å². The molecule has 7 nitrogen and oxygen atoms in total. The van der Waals surface area contributed by atoms with Crippen LogP contribution in [-0.2, 0) is 16.0 Å². The number of amides is 1. The van der Waals surface area contributed by atoms with Crippen molar-refractivity contribution in [3.63, 3.8) is 0 Å². The lowest BCUT2D eigenvalue weighted by atomic mass is 10.0. The summed E-state index contributed by atoms with van der Waals surface area (Å²) in [6.45, 7) is 3.53. The number of hydrogen-bond acceptors (Lipinski definition) is 6. The molecule has 2 bridgehead atoms. The number of carbonyl (C=O) groups excluding carboxylic acids is 1. The number of halogens is 7. The van der Waals surface area contributed by atoms with Crippen molar-refractivity contribution < 1.29 is 40.6 Å². The summed E-state index contributed by atoms with van der Waals surface area (Å²) in [5.41, 5.74) is 2.04. The summed E-state index contributed by atoms with van der Waals surface area (Å²) in [6.07, 6.45) is -12.7. The molecule has 4 heterocycles. The fraction of sp³-hybridized carbons (Fsp3) is 0.720. The summed E-state index contributed by atoms with van der Waals surface area (Å²) in [7, 11) is 0. The Balaban J connectivity index is 1.16. The summed E-state index contributed by atoms with van der Waals surface area (Å²) >= 11 is 6.33. The quantitative estimate of drug-likeness (QED) is 0.460. The Labute approximate surface area is 227 Å². The maximum absolute atomic E-state index is 12.8. The first-order valence-corrected chi connectivity index (χ1v) is 13.5. The molecule has 0 radical (unpaired) electrons. The number of nitrogens with zero attached hydrogens (tertiary/aromatic N) is 4. The predicted molar refractivity (Wildman–Crippen MR) is 131 cm³/mol. The van der Waals surface area contributed by atoms with Crippen molar-refractivity contribution in [1.82, 2.24) is 14.7 Å². The van der Waals surface area contributed by atoms with Crippen LogP contribution < -0.4 is 4.90 Å². The minimum Gasteiger partial charge on any atom is -0.426 e. The molecule has 4 aliphatic rings. The molecule has 0 N–H and O–H groups in total. The maximum Gasteiger partial charge on any atom is 0.434 e. The van der Waals surface area contributed by atoms with E-state index in [-0.39, 0.29) is 32.4 Å². The number of piperazine rings is 1. The number of piperidine rings is 1. The topological polar surface area (TPSA) is 48.5 Å². The van der Waals surface area contributed by atoms with Crippen molar-refractivity contribution >= 4 is 23.4 Å². The zero-order valence-electron chi connectivity index (χ0n) is 21.2. The number of benzene rings is 1. The van der Waals surface area contributed by atoms with Gasteiger partial charge in [0.05, 0.1) is 6.61 Å².